The molecule has 1 amide bonds. The first-order valence-corrected chi connectivity index (χ1v) is 8.27. The number of unbranched alkanes of at least 4 members (excludes halogenated alkanes) is 1. The largest absolute Gasteiger partial charge is 0.540 e. The Morgan fingerprint density at radius 1 is 1.12 bits per heavy atom. The molecule has 0 saturated heterocycles. The Hall–Kier alpha value is 0.305. The zero-order chi connectivity index (χ0) is 17.3. The molecule has 0 radical (unpaired) electrons. The molecule has 0 saturated carbocycles. The van der Waals surface area contributed by atoms with Crippen LogP contribution in [0.15, 0.2) is 0 Å². The van der Waals surface area contributed by atoms with Gasteiger partial charge in [0.2, 0.25) is 5.91 Å². The topological polar surface area (TPSA) is 96.9 Å². The molecular formula is C16H31N2O5Th-. The summed E-state index contributed by atoms with van der Waals surface area (Å²) < 4.78 is 10.2. The van der Waals surface area contributed by atoms with E-state index in [4.69, 9.17) is 14.6 Å². The van der Waals surface area contributed by atoms with Crippen LogP contribution in [-0.4, -0.2) is 69.0 Å². The van der Waals surface area contributed by atoms with Crippen LogP contribution in [-0.2, 0) is 19.1 Å². The van der Waals surface area contributed by atoms with Crippen LogP contribution in [0.2, 0.25) is 0 Å². The SMILES string of the molecule is CC(C)NCCCCC([C-]=O)NC(=O)CCOCCOCCO.[Th]. The van der Waals surface area contributed by atoms with Crippen LogP contribution in [0.1, 0.15) is 39.5 Å². The quantitative estimate of drug-likeness (QED) is 0.183. The number of carbonyl (C=O) groups is 1. The average Bonchev–Trinajstić information content (AvgIpc) is 2.52. The third-order valence-corrected chi connectivity index (χ3v) is 3.03. The molecule has 140 valence electrons. The Bertz CT molecular complexity index is 306. The van der Waals surface area contributed by atoms with Gasteiger partial charge in [0.05, 0.1) is 33.0 Å². The predicted molar refractivity (Wildman–Crippen MR) is 88.0 cm³/mol. The van der Waals surface area contributed by atoms with E-state index < -0.39 is 6.04 Å². The van der Waals surface area contributed by atoms with E-state index in [0.717, 1.165) is 19.4 Å². The Balaban J connectivity index is 0. The minimum absolute atomic E-state index is 0. The average molecular weight is 563 g/mol. The molecule has 0 fully saturated rings. The summed E-state index contributed by atoms with van der Waals surface area (Å²) >= 11 is 0. The second kappa shape index (κ2) is 19.6. The van der Waals surface area contributed by atoms with E-state index in [1.165, 1.54) is 0 Å². The minimum atomic E-state index is -0.547. The Morgan fingerprint density at radius 3 is 2.38 bits per heavy atom. The minimum Gasteiger partial charge on any atom is -0.540 e. The van der Waals surface area contributed by atoms with Crippen LogP contribution < -0.4 is 10.6 Å². The van der Waals surface area contributed by atoms with Crippen LogP contribution in [0, 0.1) is 39.9 Å². The number of rotatable bonds is 16. The first-order chi connectivity index (χ1) is 11.1. The van der Waals surface area contributed by atoms with Gasteiger partial charge in [-0.05, 0) is 13.0 Å². The summed E-state index contributed by atoms with van der Waals surface area (Å²) in [4.78, 5) is 22.5. The van der Waals surface area contributed by atoms with Crippen molar-refractivity contribution in [2.75, 3.05) is 39.6 Å². The van der Waals surface area contributed by atoms with E-state index >= 15 is 0 Å². The number of nitrogens with one attached hydrogen (secondary N) is 2. The van der Waals surface area contributed by atoms with Gasteiger partial charge in [0.25, 0.3) is 0 Å². The van der Waals surface area contributed by atoms with Crippen molar-refractivity contribution in [1.29, 1.82) is 0 Å². The van der Waals surface area contributed by atoms with Crippen molar-refractivity contribution in [3.63, 3.8) is 0 Å². The molecule has 0 bridgehead atoms. The molecule has 24 heavy (non-hydrogen) atoms. The van der Waals surface area contributed by atoms with Crippen LogP contribution in [0.5, 0.6) is 0 Å². The molecule has 0 aromatic heterocycles. The normalized spacial score (nSPS) is 11.8. The molecule has 8 heteroatoms. The number of aliphatic hydroxyl groups excluding tert-OH is 1. The molecule has 0 rings (SSSR count). The van der Waals surface area contributed by atoms with Crippen LogP contribution in [0.4, 0.5) is 0 Å². The standard InChI is InChI=1S/C16H31N2O5.Th/c1-14(2)17-7-4-3-5-15(13-20)18-16(21)6-9-22-11-12-23-10-8-19;/h14-15,17,19H,3-12H2,1-2H3,(H,18,21);/q-1;. The molecule has 0 aliphatic heterocycles. The van der Waals surface area contributed by atoms with E-state index in [-0.39, 0.29) is 72.1 Å². The van der Waals surface area contributed by atoms with Crippen molar-refractivity contribution >= 4 is 12.2 Å². The summed E-state index contributed by atoms with van der Waals surface area (Å²) in [6.45, 7) is 6.39. The number of amides is 1. The third-order valence-electron chi connectivity index (χ3n) is 3.03. The van der Waals surface area contributed by atoms with Crippen LogP contribution in [0.3, 0.4) is 0 Å². The smallest absolute Gasteiger partial charge is 0.220 e. The molecule has 0 aliphatic rings. The molecule has 0 aliphatic carbocycles. The van der Waals surface area contributed by atoms with E-state index in [1.54, 1.807) is 0 Å². The van der Waals surface area contributed by atoms with Gasteiger partial charge in [0.15, 0.2) is 0 Å². The van der Waals surface area contributed by atoms with E-state index in [2.05, 4.69) is 24.5 Å². The summed E-state index contributed by atoms with van der Waals surface area (Å²) in [7, 11) is 0. The van der Waals surface area contributed by atoms with Crippen molar-refractivity contribution in [3.8, 4) is 0 Å². The maximum Gasteiger partial charge on any atom is 0.220 e. The van der Waals surface area contributed by atoms with Gasteiger partial charge in [0.1, 0.15) is 0 Å². The molecule has 1 atom stereocenters. The fourth-order valence-corrected chi connectivity index (χ4v) is 1.84. The van der Waals surface area contributed by atoms with Gasteiger partial charge < -0.3 is 30.0 Å². The van der Waals surface area contributed by atoms with Crippen LogP contribution >= 0.6 is 0 Å². The van der Waals surface area contributed by atoms with Gasteiger partial charge in [-0.3, -0.25) is 4.79 Å². The van der Waals surface area contributed by atoms with Crippen molar-refractivity contribution in [2.24, 2.45) is 0 Å². The van der Waals surface area contributed by atoms with Gasteiger partial charge in [-0.2, -0.15) is 0 Å². The van der Waals surface area contributed by atoms with Gasteiger partial charge in [0, 0.05) is 52.4 Å². The van der Waals surface area contributed by atoms with E-state index in [1.807, 2.05) is 6.29 Å². The van der Waals surface area contributed by atoms with E-state index in [0.29, 0.717) is 25.7 Å². The molecule has 3 N–H and O–H groups in total. The summed E-state index contributed by atoms with van der Waals surface area (Å²) in [6.07, 6.45) is 4.50. The molecule has 0 spiro atoms. The summed E-state index contributed by atoms with van der Waals surface area (Å²) in [5, 5.41) is 14.5. The summed E-state index contributed by atoms with van der Waals surface area (Å²) in [5.74, 6) is -0.213. The van der Waals surface area contributed by atoms with Gasteiger partial charge >= 0.3 is 0 Å². The van der Waals surface area contributed by atoms with Crippen molar-refractivity contribution < 1.29 is 64.1 Å². The molecule has 0 aromatic carbocycles. The molecule has 7 nitrogen and oxygen atoms in total. The van der Waals surface area contributed by atoms with Crippen LogP contribution in [0.25, 0.3) is 0 Å². The second-order valence-electron chi connectivity index (χ2n) is 5.54. The van der Waals surface area contributed by atoms with Crippen molar-refractivity contribution in [3.05, 3.63) is 0 Å². The zero-order valence-corrected chi connectivity index (χ0v) is 18.9. The Morgan fingerprint density at radius 2 is 1.79 bits per heavy atom. The number of carbonyl (C=O) groups excluding carboxylic acids is 2. The van der Waals surface area contributed by atoms with Crippen molar-refractivity contribution in [1.82, 2.24) is 10.6 Å². The third kappa shape index (κ3) is 18.6. The molecular weight excluding hydrogens is 532 g/mol. The fraction of sp³-hybridized carbons (Fsp3) is 0.875. The number of ether oxygens (including phenoxy) is 2. The van der Waals surface area contributed by atoms with Crippen molar-refractivity contribution in [2.45, 2.75) is 51.6 Å². The van der Waals surface area contributed by atoms with Gasteiger partial charge in [-0.25, -0.2) is 6.29 Å². The first-order valence-electron chi connectivity index (χ1n) is 8.27. The van der Waals surface area contributed by atoms with Gasteiger partial charge in [-0.15, -0.1) is 0 Å². The number of aliphatic hydroxyl groups is 1. The Labute approximate surface area is 177 Å². The second-order valence-corrected chi connectivity index (χ2v) is 5.54. The van der Waals surface area contributed by atoms with Gasteiger partial charge in [-0.1, -0.05) is 32.7 Å². The van der Waals surface area contributed by atoms with E-state index in [9.17, 15) is 9.59 Å². The molecule has 0 heterocycles. The first kappa shape index (κ1) is 26.5. The summed E-state index contributed by atoms with van der Waals surface area (Å²) in [5.41, 5.74) is 0. The maximum absolute atomic E-state index is 11.7. The predicted octanol–water partition coefficient (Wildman–Crippen LogP) is 0.165. The number of hydrogen-bond donors (Lipinski definition) is 3. The molecule has 0 aromatic rings. The monoisotopic (exact) mass is 563 g/mol. The summed E-state index contributed by atoms with van der Waals surface area (Å²) in [6, 6.07) is -0.0911. The fourth-order valence-electron chi connectivity index (χ4n) is 1.84. The molecule has 1 unspecified atom stereocenters. The zero-order valence-electron chi connectivity index (χ0n) is 14.8. The maximum atomic E-state index is 11.7. The number of hydrogen-bond acceptors (Lipinski definition) is 6. The Kier molecular flexibility index (Phi) is 21.7.